The summed E-state index contributed by atoms with van der Waals surface area (Å²) in [4.78, 5) is 3.86. The molecule has 0 aliphatic carbocycles. The number of nitrogens with zero attached hydrogens (tertiary/aromatic N) is 1. The van der Waals surface area contributed by atoms with E-state index in [1.54, 1.807) is 19.3 Å². The van der Waals surface area contributed by atoms with Gasteiger partial charge in [0.1, 0.15) is 5.84 Å². The highest BCUT2D eigenvalue weighted by molar-refractivity contribution is 6.33. The molecule has 0 spiro atoms. The van der Waals surface area contributed by atoms with Gasteiger partial charge in [0.15, 0.2) is 0 Å². The molecule has 0 radical (unpaired) electrons. The Kier molecular flexibility index (Phi) is 3.01. The number of hydrogen-bond acceptors (Lipinski definition) is 3. The number of hydrazine groups is 1. The van der Waals surface area contributed by atoms with Gasteiger partial charge in [-0.25, -0.2) is 5.43 Å². The molecule has 0 saturated carbocycles. The monoisotopic (exact) mass is 184 g/mol. The van der Waals surface area contributed by atoms with E-state index in [2.05, 4.69) is 15.8 Å². The first-order chi connectivity index (χ1) is 5.75. The Morgan fingerprint density at radius 1 is 1.67 bits per heavy atom. The van der Waals surface area contributed by atoms with Crippen LogP contribution in [0.25, 0.3) is 0 Å². The molecule has 0 aromatic carbocycles. The fourth-order valence-corrected chi connectivity index (χ4v) is 0.953. The minimum absolute atomic E-state index is 0.204. The summed E-state index contributed by atoms with van der Waals surface area (Å²) in [5.74, 6) is 0.204. The van der Waals surface area contributed by atoms with Gasteiger partial charge in [0.05, 0.1) is 10.6 Å². The lowest BCUT2D eigenvalue weighted by molar-refractivity contribution is 0.764. The standard InChI is InChI=1S/C7H9ClN4/c1-10-12-7(9)5-4-11-3-2-6(5)8/h2-4,10H,1H3,(H2,9,12). The van der Waals surface area contributed by atoms with Crippen LogP contribution in [0.3, 0.4) is 0 Å². The molecule has 0 unspecified atom stereocenters. The van der Waals surface area contributed by atoms with Crippen molar-refractivity contribution in [3.8, 4) is 0 Å². The Morgan fingerprint density at radius 3 is 3.00 bits per heavy atom. The van der Waals surface area contributed by atoms with Gasteiger partial charge in [-0.2, -0.15) is 0 Å². The molecule has 0 aliphatic rings. The van der Waals surface area contributed by atoms with Crippen molar-refractivity contribution < 1.29 is 0 Å². The summed E-state index contributed by atoms with van der Waals surface area (Å²) in [6.07, 6.45) is 3.12. The van der Waals surface area contributed by atoms with Gasteiger partial charge < -0.3 is 5.43 Å². The molecule has 0 fully saturated rings. The van der Waals surface area contributed by atoms with Crippen molar-refractivity contribution in [3.63, 3.8) is 0 Å². The Hall–Kier alpha value is -1.13. The lowest BCUT2D eigenvalue weighted by Crippen LogP contribution is -2.34. The number of amidine groups is 1. The Balaban J connectivity index is 2.87. The van der Waals surface area contributed by atoms with Gasteiger partial charge in [-0.05, 0) is 6.07 Å². The van der Waals surface area contributed by atoms with E-state index >= 15 is 0 Å². The fourth-order valence-electron chi connectivity index (χ4n) is 0.754. The van der Waals surface area contributed by atoms with Gasteiger partial charge in [0.25, 0.3) is 0 Å². The van der Waals surface area contributed by atoms with Crippen LogP contribution in [0.5, 0.6) is 0 Å². The molecule has 1 rings (SSSR count). The van der Waals surface area contributed by atoms with Crippen LogP contribution in [-0.2, 0) is 0 Å². The molecule has 0 aliphatic heterocycles. The highest BCUT2D eigenvalue weighted by Gasteiger charge is 2.03. The molecule has 0 bridgehead atoms. The zero-order chi connectivity index (χ0) is 8.97. The number of hydrogen-bond donors (Lipinski definition) is 3. The lowest BCUT2D eigenvalue weighted by Gasteiger charge is -2.06. The number of nitrogens with one attached hydrogen (secondary N) is 3. The van der Waals surface area contributed by atoms with E-state index in [1.165, 1.54) is 6.20 Å². The highest BCUT2D eigenvalue weighted by Crippen LogP contribution is 2.12. The summed E-state index contributed by atoms with van der Waals surface area (Å²) in [5.41, 5.74) is 5.82. The molecule has 5 heteroatoms. The second kappa shape index (κ2) is 4.04. The van der Waals surface area contributed by atoms with Gasteiger partial charge in [0, 0.05) is 19.4 Å². The molecule has 3 N–H and O–H groups in total. The molecule has 4 nitrogen and oxygen atoms in total. The van der Waals surface area contributed by atoms with Crippen molar-refractivity contribution in [2.24, 2.45) is 0 Å². The van der Waals surface area contributed by atoms with Crippen LogP contribution in [0, 0.1) is 5.41 Å². The molecule has 1 heterocycles. The number of halogens is 1. The van der Waals surface area contributed by atoms with Crippen LogP contribution in [0.15, 0.2) is 18.5 Å². The summed E-state index contributed by atoms with van der Waals surface area (Å²) in [7, 11) is 1.68. The second-order valence-corrected chi connectivity index (χ2v) is 2.51. The second-order valence-electron chi connectivity index (χ2n) is 2.11. The van der Waals surface area contributed by atoms with E-state index in [4.69, 9.17) is 17.0 Å². The molecule has 0 saturated heterocycles. The normalized spacial score (nSPS) is 9.50. The third-order valence-electron chi connectivity index (χ3n) is 1.29. The maximum Gasteiger partial charge on any atom is 0.142 e. The van der Waals surface area contributed by atoms with E-state index in [-0.39, 0.29) is 5.84 Å². The minimum Gasteiger partial charge on any atom is -0.306 e. The van der Waals surface area contributed by atoms with Crippen molar-refractivity contribution in [2.45, 2.75) is 0 Å². The van der Waals surface area contributed by atoms with Gasteiger partial charge in [-0.15, -0.1) is 0 Å². The Morgan fingerprint density at radius 2 is 2.42 bits per heavy atom. The summed E-state index contributed by atoms with van der Waals surface area (Å²) < 4.78 is 0. The lowest BCUT2D eigenvalue weighted by atomic mass is 10.3. The highest BCUT2D eigenvalue weighted by atomic mass is 35.5. The first-order valence-corrected chi connectivity index (χ1v) is 3.74. The molecule has 0 amide bonds. The molecule has 1 aromatic heterocycles. The van der Waals surface area contributed by atoms with Crippen LogP contribution < -0.4 is 10.9 Å². The Bertz CT molecular complexity index is 286. The summed E-state index contributed by atoms with van der Waals surface area (Å²) in [6, 6.07) is 1.64. The van der Waals surface area contributed by atoms with Crippen molar-refractivity contribution in [1.29, 1.82) is 5.41 Å². The minimum atomic E-state index is 0.204. The van der Waals surface area contributed by atoms with E-state index < -0.39 is 0 Å². The fraction of sp³-hybridized carbons (Fsp3) is 0.143. The smallest absolute Gasteiger partial charge is 0.142 e. The average Bonchev–Trinajstić information content (AvgIpc) is 2.05. The topological polar surface area (TPSA) is 60.8 Å². The first-order valence-electron chi connectivity index (χ1n) is 3.37. The van der Waals surface area contributed by atoms with Crippen molar-refractivity contribution in [2.75, 3.05) is 7.05 Å². The van der Waals surface area contributed by atoms with Gasteiger partial charge >= 0.3 is 0 Å². The van der Waals surface area contributed by atoms with Crippen molar-refractivity contribution in [3.05, 3.63) is 29.0 Å². The number of aromatic nitrogens is 1. The average molecular weight is 185 g/mol. The van der Waals surface area contributed by atoms with E-state index in [0.29, 0.717) is 10.6 Å². The quantitative estimate of drug-likeness (QED) is 0.362. The molecular formula is C7H9ClN4. The zero-order valence-corrected chi connectivity index (χ0v) is 7.31. The molecule has 0 atom stereocenters. The summed E-state index contributed by atoms with van der Waals surface area (Å²) in [5, 5.41) is 7.98. The van der Waals surface area contributed by atoms with Gasteiger partial charge in [-0.3, -0.25) is 10.4 Å². The van der Waals surface area contributed by atoms with Crippen molar-refractivity contribution in [1.82, 2.24) is 15.8 Å². The molecule has 1 aromatic rings. The third-order valence-corrected chi connectivity index (χ3v) is 1.62. The molecule has 12 heavy (non-hydrogen) atoms. The van der Waals surface area contributed by atoms with E-state index in [9.17, 15) is 0 Å². The summed E-state index contributed by atoms with van der Waals surface area (Å²) in [6.45, 7) is 0. The van der Waals surface area contributed by atoms with Crippen LogP contribution >= 0.6 is 11.6 Å². The van der Waals surface area contributed by atoms with Crippen LogP contribution in [0.2, 0.25) is 5.02 Å². The number of pyridine rings is 1. The third kappa shape index (κ3) is 1.93. The van der Waals surface area contributed by atoms with Crippen LogP contribution in [0.1, 0.15) is 5.56 Å². The van der Waals surface area contributed by atoms with E-state index in [1.807, 2.05) is 0 Å². The van der Waals surface area contributed by atoms with E-state index in [0.717, 1.165) is 0 Å². The summed E-state index contributed by atoms with van der Waals surface area (Å²) >= 11 is 5.81. The molecular weight excluding hydrogens is 176 g/mol. The van der Waals surface area contributed by atoms with Crippen molar-refractivity contribution >= 4 is 17.4 Å². The van der Waals surface area contributed by atoms with Gasteiger partial charge in [0.2, 0.25) is 0 Å². The maximum absolute atomic E-state index is 7.47. The largest absolute Gasteiger partial charge is 0.306 e. The van der Waals surface area contributed by atoms with Gasteiger partial charge in [-0.1, -0.05) is 11.6 Å². The maximum atomic E-state index is 7.47. The van der Waals surface area contributed by atoms with Crippen LogP contribution in [-0.4, -0.2) is 17.9 Å². The SMILES string of the molecule is CNNC(=N)c1cnccc1Cl. The Labute approximate surface area is 75.4 Å². The zero-order valence-electron chi connectivity index (χ0n) is 6.56. The molecule has 64 valence electrons. The number of rotatable bonds is 2. The van der Waals surface area contributed by atoms with Crippen LogP contribution in [0.4, 0.5) is 0 Å². The first kappa shape index (κ1) is 8.96. The predicted octanol–water partition coefficient (Wildman–Crippen LogP) is 0.784. The predicted molar refractivity (Wildman–Crippen MR) is 48.3 cm³/mol.